The van der Waals surface area contributed by atoms with E-state index in [1.807, 2.05) is 30.3 Å². The van der Waals surface area contributed by atoms with Gasteiger partial charge in [-0.15, -0.1) is 0 Å². The number of thiocarbonyl (C=S) groups is 1. The largest absolute Gasteiger partial charge is 0.496 e. The molecule has 0 bridgehead atoms. The molecular weight excluding hydrogens is 424 g/mol. The van der Waals surface area contributed by atoms with Crippen molar-refractivity contribution in [1.82, 2.24) is 0 Å². The molecule has 0 atom stereocenters. The highest BCUT2D eigenvalue weighted by molar-refractivity contribution is 8.27. The molecule has 7 nitrogen and oxygen atoms in total. The van der Waals surface area contributed by atoms with Gasteiger partial charge in [0.2, 0.25) is 0 Å². The second-order valence-corrected chi connectivity index (χ2v) is 7.87. The zero-order chi connectivity index (χ0) is 21.3. The number of benzene rings is 2. The number of para-hydroxylation sites is 1. The Labute approximate surface area is 181 Å². The topological polar surface area (TPSA) is 85.8 Å². The monoisotopic (exact) mass is 438 g/mol. The predicted molar refractivity (Wildman–Crippen MR) is 119 cm³/mol. The Morgan fingerprint density at radius 1 is 1.17 bits per heavy atom. The summed E-state index contributed by atoms with van der Waals surface area (Å²) in [5.74, 6) is 1.02. The number of non-ortho nitro benzene ring substituents is 1. The molecule has 0 spiro atoms. The first-order valence-electron chi connectivity index (χ1n) is 8.73. The first-order valence-corrected chi connectivity index (χ1v) is 9.96. The minimum Gasteiger partial charge on any atom is -0.496 e. The van der Waals surface area contributed by atoms with Crippen LogP contribution >= 0.6 is 24.0 Å². The molecule has 3 aromatic rings. The third-order valence-corrected chi connectivity index (χ3v) is 5.67. The number of nitro groups is 1. The molecule has 0 unspecified atom stereocenters. The lowest BCUT2D eigenvalue weighted by molar-refractivity contribution is -0.384. The number of hydrogen-bond donors (Lipinski definition) is 0. The summed E-state index contributed by atoms with van der Waals surface area (Å²) >= 11 is 6.56. The van der Waals surface area contributed by atoms with E-state index in [0.717, 1.165) is 0 Å². The van der Waals surface area contributed by atoms with Gasteiger partial charge in [-0.3, -0.25) is 19.8 Å². The molecule has 4 rings (SSSR count). The van der Waals surface area contributed by atoms with Gasteiger partial charge in [0, 0.05) is 12.1 Å². The van der Waals surface area contributed by atoms with Gasteiger partial charge < -0.3 is 9.15 Å². The van der Waals surface area contributed by atoms with Crippen LogP contribution in [-0.2, 0) is 4.79 Å². The van der Waals surface area contributed by atoms with E-state index < -0.39 is 4.92 Å². The molecular formula is C21H14N2O5S2. The Kier molecular flexibility index (Phi) is 5.39. The third-order valence-electron chi connectivity index (χ3n) is 4.37. The first kappa shape index (κ1) is 19.9. The maximum absolute atomic E-state index is 12.8. The maximum Gasteiger partial charge on any atom is 0.273 e. The number of hydrogen-bond acceptors (Lipinski definition) is 7. The van der Waals surface area contributed by atoms with Gasteiger partial charge in [-0.1, -0.05) is 42.2 Å². The summed E-state index contributed by atoms with van der Waals surface area (Å²) in [4.78, 5) is 25.2. The second kappa shape index (κ2) is 8.13. The molecule has 0 N–H and O–H groups in total. The summed E-state index contributed by atoms with van der Waals surface area (Å²) in [6, 6.07) is 16.9. The summed E-state index contributed by atoms with van der Waals surface area (Å²) in [5.41, 5.74) is 1.20. The van der Waals surface area contributed by atoms with Crippen molar-refractivity contribution in [3.63, 3.8) is 0 Å². The van der Waals surface area contributed by atoms with Crippen molar-refractivity contribution >= 4 is 51.7 Å². The lowest BCUT2D eigenvalue weighted by Gasteiger charge is -2.13. The van der Waals surface area contributed by atoms with Gasteiger partial charge in [-0.05, 0) is 30.3 Å². The molecule has 150 valence electrons. The maximum atomic E-state index is 12.8. The molecule has 1 aliphatic rings. The van der Waals surface area contributed by atoms with Gasteiger partial charge >= 0.3 is 0 Å². The Morgan fingerprint density at radius 3 is 2.63 bits per heavy atom. The average molecular weight is 438 g/mol. The summed E-state index contributed by atoms with van der Waals surface area (Å²) in [7, 11) is 1.43. The van der Waals surface area contributed by atoms with Crippen molar-refractivity contribution in [3.05, 3.63) is 81.4 Å². The number of furan rings is 1. The van der Waals surface area contributed by atoms with Gasteiger partial charge in [0.25, 0.3) is 11.6 Å². The normalized spacial score (nSPS) is 15.1. The number of anilines is 1. The van der Waals surface area contributed by atoms with Crippen molar-refractivity contribution in [1.29, 1.82) is 0 Å². The van der Waals surface area contributed by atoms with Crippen LogP contribution in [0, 0.1) is 10.1 Å². The van der Waals surface area contributed by atoms with Gasteiger partial charge in [0.1, 0.15) is 17.3 Å². The highest BCUT2D eigenvalue weighted by atomic mass is 32.2. The van der Waals surface area contributed by atoms with Crippen LogP contribution in [0.4, 0.5) is 11.4 Å². The fourth-order valence-electron chi connectivity index (χ4n) is 2.97. The van der Waals surface area contributed by atoms with Gasteiger partial charge in [-0.2, -0.15) is 0 Å². The van der Waals surface area contributed by atoms with Gasteiger partial charge in [0.05, 0.1) is 34.3 Å². The van der Waals surface area contributed by atoms with E-state index in [9.17, 15) is 14.9 Å². The van der Waals surface area contributed by atoms with Crippen LogP contribution in [0.1, 0.15) is 5.76 Å². The van der Waals surface area contributed by atoms with Crippen LogP contribution < -0.4 is 9.64 Å². The Balaban J connectivity index is 1.62. The number of carbonyl (C=O) groups excluding carboxylic acids is 1. The molecule has 0 radical (unpaired) electrons. The number of nitrogens with zero attached hydrogens (tertiary/aromatic N) is 2. The zero-order valence-corrected chi connectivity index (χ0v) is 17.2. The number of rotatable bonds is 5. The summed E-state index contributed by atoms with van der Waals surface area (Å²) < 4.78 is 11.6. The fourth-order valence-corrected chi connectivity index (χ4v) is 4.25. The third kappa shape index (κ3) is 3.72. The minimum atomic E-state index is -0.491. The van der Waals surface area contributed by atoms with Crippen LogP contribution in [0.5, 0.6) is 5.75 Å². The summed E-state index contributed by atoms with van der Waals surface area (Å²) in [6.07, 6.45) is 1.63. The van der Waals surface area contributed by atoms with E-state index in [-0.39, 0.29) is 11.6 Å². The first-order chi connectivity index (χ1) is 14.5. The van der Waals surface area contributed by atoms with Crippen molar-refractivity contribution in [2.75, 3.05) is 12.0 Å². The highest BCUT2D eigenvalue weighted by Crippen LogP contribution is 2.38. The lowest BCUT2D eigenvalue weighted by Crippen LogP contribution is -2.27. The minimum absolute atomic E-state index is 0.0769. The van der Waals surface area contributed by atoms with Crippen molar-refractivity contribution < 1.29 is 18.9 Å². The standard InChI is InChI=1S/C21H14N2O5S2/c1-27-18-11-14(23(25)26)7-9-16(18)17-10-8-15(28-17)12-19-20(24)22(21(29)30-19)13-5-3-2-4-6-13/h2-12H,1H3/b19-12+. The van der Waals surface area contributed by atoms with Crippen LogP contribution in [0.3, 0.4) is 0 Å². The van der Waals surface area contributed by atoms with E-state index in [1.54, 1.807) is 24.3 Å². The quantitative estimate of drug-likeness (QED) is 0.232. The number of methoxy groups -OCH3 is 1. The van der Waals surface area contributed by atoms with E-state index >= 15 is 0 Å². The number of carbonyl (C=O) groups is 1. The highest BCUT2D eigenvalue weighted by Gasteiger charge is 2.33. The van der Waals surface area contributed by atoms with Crippen molar-refractivity contribution in [2.24, 2.45) is 0 Å². The number of amides is 1. The molecule has 9 heteroatoms. The number of nitro benzene ring substituents is 1. The average Bonchev–Trinajstić information content (AvgIpc) is 3.32. The molecule has 1 aliphatic heterocycles. The van der Waals surface area contributed by atoms with E-state index in [4.69, 9.17) is 21.4 Å². The molecule has 2 aromatic carbocycles. The van der Waals surface area contributed by atoms with Crippen LogP contribution in [-0.4, -0.2) is 22.3 Å². The molecule has 0 aliphatic carbocycles. The molecule has 1 amide bonds. The number of ether oxygens (including phenoxy) is 1. The van der Waals surface area contributed by atoms with Crippen molar-refractivity contribution in [3.8, 4) is 17.1 Å². The van der Waals surface area contributed by atoms with E-state index in [1.165, 1.54) is 35.9 Å². The molecule has 0 saturated carbocycles. The molecule has 1 aromatic heterocycles. The lowest BCUT2D eigenvalue weighted by atomic mass is 10.1. The number of thioether (sulfide) groups is 1. The Bertz CT molecular complexity index is 1190. The molecule has 30 heavy (non-hydrogen) atoms. The molecule has 1 fully saturated rings. The van der Waals surface area contributed by atoms with Crippen molar-refractivity contribution in [2.45, 2.75) is 0 Å². The zero-order valence-electron chi connectivity index (χ0n) is 15.6. The Morgan fingerprint density at radius 2 is 1.93 bits per heavy atom. The predicted octanol–water partition coefficient (Wildman–Crippen LogP) is 5.27. The van der Waals surface area contributed by atoms with E-state index in [0.29, 0.717) is 37.7 Å². The van der Waals surface area contributed by atoms with Gasteiger partial charge in [0.15, 0.2) is 4.32 Å². The second-order valence-electron chi connectivity index (χ2n) is 6.20. The summed E-state index contributed by atoms with van der Waals surface area (Å²) in [5, 5.41) is 11.0. The molecule has 1 saturated heterocycles. The summed E-state index contributed by atoms with van der Waals surface area (Å²) in [6.45, 7) is 0. The van der Waals surface area contributed by atoms with Crippen LogP contribution in [0.25, 0.3) is 17.4 Å². The van der Waals surface area contributed by atoms with Crippen LogP contribution in [0.2, 0.25) is 0 Å². The fraction of sp³-hybridized carbons (Fsp3) is 0.0476. The SMILES string of the molecule is COc1cc([N+](=O)[O-])ccc1-c1ccc(/C=C2/SC(=S)N(c3ccccc3)C2=O)o1. The van der Waals surface area contributed by atoms with Gasteiger partial charge in [-0.25, -0.2) is 0 Å². The smallest absolute Gasteiger partial charge is 0.273 e. The van der Waals surface area contributed by atoms with Crippen LogP contribution in [0.15, 0.2) is 70.0 Å². The Hall–Kier alpha value is -3.43. The molecule has 2 heterocycles. The van der Waals surface area contributed by atoms with E-state index in [2.05, 4.69) is 0 Å².